The molecule has 1 heterocycles. The van der Waals surface area contributed by atoms with Crippen molar-refractivity contribution >= 4 is 29.2 Å². The smallest absolute Gasteiger partial charge is 0.325 e. The number of ether oxygens (including phenoxy) is 1. The van der Waals surface area contributed by atoms with Gasteiger partial charge in [-0.25, -0.2) is 4.79 Å². The molecule has 1 aromatic carbocycles. The molecule has 0 aromatic heterocycles. The topological polar surface area (TPSA) is 114 Å². The second kappa shape index (κ2) is 6.62. The second-order valence-corrected chi connectivity index (χ2v) is 6.43. The van der Waals surface area contributed by atoms with Gasteiger partial charge >= 0.3 is 6.03 Å². The number of hydrogen-bond acceptors (Lipinski definition) is 5. The maximum atomic E-state index is 12.5. The number of carbonyl (C=O) groups is 3. The summed E-state index contributed by atoms with van der Waals surface area (Å²) in [6.45, 7) is 0.0438. The summed E-state index contributed by atoms with van der Waals surface area (Å²) in [5.41, 5.74) is 5.94. The number of anilines is 2. The Balaban J connectivity index is 1.59. The fourth-order valence-corrected chi connectivity index (χ4v) is 3.39. The van der Waals surface area contributed by atoms with Gasteiger partial charge in [0.2, 0.25) is 5.91 Å². The van der Waals surface area contributed by atoms with Gasteiger partial charge in [0, 0.05) is 19.0 Å². The Morgan fingerprint density at radius 2 is 2.08 bits per heavy atom. The van der Waals surface area contributed by atoms with E-state index in [1.54, 1.807) is 18.2 Å². The largest absolute Gasteiger partial charge is 0.497 e. The third-order valence-corrected chi connectivity index (χ3v) is 4.80. The van der Waals surface area contributed by atoms with Gasteiger partial charge in [-0.1, -0.05) is 12.8 Å². The molecule has 2 aliphatic rings. The normalized spacial score (nSPS) is 18.5. The van der Waals surface area contributed by atoms with Crippen LogP contribution in [0.25, 0.3) is 0 Å². The molecular formula is C17H22N4O4. The molecule has 4 N–H and O–H groups in total. The van der Waals surface area contributed by atoms with E-state index in [0.717, 1.165) is 17.7 Å². The first-order valence-electron chi connectivity index (χ1n) is 8.33. The molecule has 2 fully saturated rings. The zero-order valence-corrected chi connectivity index (χ0v) is 14.1. The maximum absolute atomic E-state index is 12.5. The molecule has 0 radical (unpaired) electrons. The third-order valence-electron chi connectivity index (χ3n) is 4.80. The fraction of sp³-hybridized carbons (Fsp3) is 0.471. The monoisotopic (exact) mass is 346 g/mol. The first-order chi connectivity index (χ1) is 11.9. The highest BCUT2D eigenvalue weighted by Crippen LogP contribution is 2.35. The number of amides is 4. The Kier molecular flexibility index (Phi) is 4.52. The molecule has 1 saturated carbocycles. The van der Waals surface area contributed by atoms with Crippen molar-refractivity contribution < 1.29 is 19.1 Å². The van der Waals surface area contributed by atoms with E-state index in [0.29, 0.717) is 30.0 Å². The number of rotatable bonds is 5. The van der Waals surface area contributed by atoms with Crippen LogP contribution in [0.2, 0.25) is 0 Å². The summed E-state index contributed by atoms with van der Waals surface area (Å²) < 4.78 is 5.10. The lowest BCUT2D eigenvalue weighted by atomic mass is 9.98. The predicted octanol–water partition coefficient (Wildman–Crippen LogP) is 1.47. The van der Waals surface area contributed by atoms with Crippen molar-refractivity contribution in [2.45, 2.75) is 37.6 Å². The highest BCUT2D eigenvalue weighted by molar-refractivity contribution is 6.07. The van der Waals surface area contributed by atoms with E-state index in [1.165, 1.54) is 7.11 Å². The molecule has 8 heteroatoms. The van der Waals surface area contributed by atoms with Gasteiger partial charge in [-0.3, -0.25) is 14.5 Å². The summed E-state index contributed by atoms with van der Waals surface area (Å²) >= 11 is 0. The Bertz CT molecular complexity index is 713. The first-order valence-corrected chi connectivity index (χ1v) is 8.33. The van der Waals surface area contributed by atoms with Gasteiger partial charge in [-0.05, 0) is 25.0 Å². The van der Waals surface area contributed by atoms with Crippen molar-refractivity contribution in [1.82, 2.24) is 10.2 Å². The number of carbonyl (C=O) groups excluding carboxylic acids is 3. The Hall–Kier alpha value is -2.77. The van der Waals surface area contributed by atoms with E-state index in [9.17, 15) is 14.4 Å². The molecular weight excluding hydrogens is 324 g/mol. The summed E-state index contributed by atoms with van der Waals surface area (Å²) in [4.78, 5) is 37.9. The van der Waals surface area contributed by atoms with Crippen molar-refractivity contribution in [2.75, 3.05) is 24.7 Å². The van der Waals surface area contributed by atoms with Crippen LogP contribution in [0.1, 0.15) is 32.1 Å². The molecule has 1 saturated heterocycles. The van der Waals surface area contributed by atoms with Crippen molar-refractivity contribution in [3.63, 3.8) is 0 Å². The van der Waals surface area contributed by atoms with Crippen LogP contribution in [0, 0.1) is 0 Å². The summed E-state index contributed by atoms with van der Waals surface area (Å²) in [6.07, 6.45) is 3.19. The van der Waals surface area contributed by atoms with Crippen LogP contribution in [-0.4, -0.2) is 41.9 Å². The average Bonchev–Trinajstić information content (AvgIpc) is 3.14. The number of nitrogens with two attached hydrogens (primary N) is 1. The van der Waals surface area contributed by atoms with E-state index >= 15 is 0 Å². The molecule has 3 rings (SSSR count). The van der Waals surface area contributed by atoms with Gasteiger partial charge in [-0.15, -0.1) is 0 Å². The Morgan fingerprint density at radius 3 is 2.76 bits per heavy atom. The lowest BCUT2D eigenvalue weighted by Crippen LogP contribution is -2.44. The molecule has 4 amide bonds. The quantitative estimate of drug-likeness (QED) is 0.552. The van der Waals surface area contributed by atoms with E-state index in [2.05, 4.69) is 10.6 Å². The second-order valence-electron chi connectivity index (χ2n) is 6.43. The summed E-state index contributed by atoms with van der Waals surface area (Å²) in [7, 11) is 1.52. The van der Waals surface area contributed by atoms with Crippen LogP contribution in [0.3, 0.4) is 0 Å². The van der Waals surface area contributed by atoms with Crippen molar-refractivity contribution in [1.29, 1.82) is 0 Å². The minimum absolute atomic E-state index is 0.00584. The minimum Gasteiger partial charge on any atom is -0.497 e. The molecule has 1 aromatic rings. The van der Waals surface area contributed by atoms with Crippen LogP contribution in [0.4, 0.5) is 16.2 Å². The van der Waals surface area contributed by atoms with Crippen molar-refractivity contribution in [3.8, 4) is 5.75 Å². The van der Waals surface area contributed by atoms with E-state index in [4.69, 9.17) is 10.5 Å². The fourth-order valence-electron chi connectivity index (χ4n) is 3.39. The number of urea groups is 1. The summed E-state index contributed by atoms with van der Waals surface area (Å²) in [6, 6.07) is 4.53. The molecule has 1 aliphatic heterocycles. The number of nitrogens with one attached hydrogen (secondary N) is 2. The predicted molar refractivity (Wildman–Crippen MR) is 92.1 cm³/mol. The van der Waals surface area contributed by atoms with Crippen LogP contribution in [0.5, 0.6) is 5.75 Å². The molecule has 134 valence electrons. The molecule has 25 heavy (non-hydrogen) atoms. The zero-order chi connectivity index (χ0) is 18.0. The molecule has 8 nitrogen and oxygen atoms in total. The van der Waals surface area contributed by atoms with E-state index in [-0.39, 0.29) is 24.8 Å². The number of benzene rings is 1. The van der Waals surface area contributed by atoms with Crippen molar-refractivity contribution in [2.24, 2.45) is 0 Å². The molecule has 0 atom stereocenters. The lowest BCUT2D eigenvalue weighted by molar-refractivity contribution is -0.131. The third kappa shape index (κ3) is 3.24. The maximum Gasteiger partial charge on any atom is 0.325 e. The van der Waals surface area contributed by atoms with Crippen LogP contribution < -0.4 is 21.1 Å². The molecule has 0 bridgehead atoms. The van der Waals surface area contributed by atoms with Gasteiger partial charge in [0.1, 0.15) is 11.3 Å². The van der Waals surface area contributed by atoms with Crippen molar-refractivity contribution in [3.05, 3.63) is 18.2 Å². The van der Waals surface area contributed by atoms with Gasteiger partial charge in [0.15, 0.2) is 0 Å². The molecule has 0 unspecified atom stereocenters. The summed E-state index contributed by atoms with van der Waals surface area (Å²) in [5.74, 6) is 0.0263. The first kappa shape index (κ1) is 17.1. The van der Waals surface area contributed by atoms with E-state index < -0.39 is 11.6 Å². The van der Waals surface area contributed by atoms with Crippen LogP contribution in [0.15, 0.2) is 18.2 Å². The van der Waals surface area contributed by atoms with Crippen LogP contribution in [-0.2, 0) is 9.59 Å². The van der Waals surface area contributed by atoms with Gasteiger partial charge < -0.3 is 21.1 Å². The highest BCUT2D eigenvalue weighted by Gasteiger charge is 2.52. The van der Waals surface area contributed by atoms with E-state index in [1.807, 2.05) is 0 Å². The number of methoxy groups -OCH3 is 1. The molecule has 1 spiro atoms. The Labute approximate surface area is 145 Å². The van der Waals surface area contributed by atoms with Gasteiger partial charge in [-0.2, -0.15) is 0 Å². The standard InChI is InChI=1S/C17H22N4O4/c1-25-11-4-5-12(18)13(10-11)19-14(22)6-9-21-15(23)17(20-16(21)24)7-2-3-8-17/h4-5,10H,2-3,6-9,18H2,1H3,(H,19,22)(H,20,24). The lowest BCUT2D eigenvalue weighted by Gasteiger charge is -2.20. The zero-order valence-electron chi connectivity index (χ0n) is 14.1. The van der Waals surface area contributed by atoms with Gasteiger partial charge in [0.25, 0.3) is 5.91 Å². The highest BCUT2D eigenvalue weighted by atomic mass is 16.5. The minimum atomic E-state index is -0.745. The van der Waals surface area contributed by atoms with Gasteiger partial charge in [0.05, 0.1) is 18.5 Å². The number of nitrogens with zero attached hydrogens (tertiary/aromatic N) is 1. The SMILES string of the molecule is COc1ccc(N)c(NC(=O)CCN2C(=O)NC3(CCCC3)C2=O)c1. The molecule has 1 aliphatic carbocycles. The number of imide groups is 1. The number of nitrogen functional groups attached to an aromatic ring is 1. The van der Waals surface area contributed by atoms with Crippen LogP contribution >= 0.6 is 0 Å². The summed E-state index contributed by atoms with van der Waals surface area (Å²) in [5, 5.41) is 5.48. The Morgan fingerprint density at radius 1 is 1.36 bits per heavy atom. The number of hydrogen-bond donors (Lipinski definition) is 3. The average molecular weight is 346 g/mol.